The van der Waals surface area contributed by atoms with Gasteiger partial charge in [-0.15, -0.1) is 0 Å². The first-order chi connectivity index (χ1) is 12.6. The third-order valence-corrected chi connectivity index (χ3v) is 5.13. The molecule has 156 valence electrons. The van der Waals surface area contributed by atoms with Crippen LogP contribution in [0.25, 0.3) is 0 Å². The van der Waals surface area contributed by atoms with Gasteiger partial charge in [0.15, 0.2) is 6.29 Å². The number of rotatable bonds is 15. The Hall–Kier alpha value is -0.240. The fraction of sp³-hybridized carbons (Fsp3) is 1.00. The molecule has 0 aliphatic carbocycles. The fourth-order valence-corrected chi connectivity index (χ4v) is 3.35. The SMILES string of the molecule is CCCCCCCCCCCCCCOC1O[C@H](CO)[C@@H](O)[C@H](O)[C@@H]1O. The van der Waals surface area contributed by atoms with Gasteiger partial charge in [-0.25, -0.2) is 0 Å². The van der Waals surface area contributed by atoms with Crippen LogP contribution in [-0.2, 0) is 9.47 Å². The van der Waals surface area contributed by atoms with Crippen molar-refractivity contribution < 1.29 is 29.9 Å². The number of aliphatic hydroxyl groups is 4. The highest BCUT2D eigenvalue weighted by molar-refractivity contribution is 4.88. The van der Waals surface area contributed by atoms with Gasteiger partial charge in [-0.2, -0.15) is 0 Å². The van der Waals surface area contributed by atoms with E-state index < -0.39 is 37.3 Å². The maximum atomic E-state index is 9.87. The van der Waals surface area contributed by atoms with Gasteiger partial charge in [0.1, 0.15) is 24.4 Å². The molecule has 6 nitrogen and oxygen atoms in total. The van der Waals surface area contributed by atoms with Gasteiger partial charge in [0, 0.05) is 6.61 Å². The zero-order valence-electron chi connectivity index (χ0n) is 16.4. The molecule has 6 heteroatoms. The molecule has 5 atom stereocenters. The lowest BCUT2D eigenvalue weighted by atomic mass is 9.99. The molecule has 0 amide bonds. The molecule has 0 radical (unpaired) electrons. The van der Waals surface area contributed by atoms with Crippen LogP contribution in [0.15, 0.2) is 0 Å². The summed E-state index contributed by atoms with van der Waals surface area (Å²) < 4.78 is 10.8. The topological polar surface area (TPSA) is 99.4 Å². The Labute approximate surface area is 158 Å². The summed E-state index contributed by atoms with van der Waals surface area (Å²) in [6.07, 6.45) is 9.21. The Kier molecular flexibility index (Phi) is 13.5. The highest BCUT2D eigenvalue weighted by atomic mass is 16.7. The van der Waals surface area contributed by atoms with E-state index in [1.807, 2.05) is 0 Å². The number of hydrogen-bond acceptors (Lipinski definition) is 6. The summed E-state index contributed by atoms with van der Waals surface area (Å²) in [6, 6.07) is 0. The van der Waals surface area contributed by atoms with Gasteiger partial charge in [0.05, 0.1) is 6.61 Å². The van der Waals surface area contributed by atoms with Crippen LogP contribution in [0.4, 0.5) is 0 Å². The molecule has 0 aromatic rings. The van der Waals surface area contributed by atoms with E-state index in [0.29, 0.717) is 6.61 Å². The van der Waals surface area contributed by atoms with Gasteiger partial charge >= 0.3 is 0 Å². The molecule has 1 rings (SSSR count). The summed E-state index contributed by atoms with van der Waals surface area (Å²) in [5, 5.41) is 38.4. The highest BCUT2D eigenvalue weighted by Crippen LogP contribution is 2.22. The summed E-state index contributed by atoms with van der Waals surface area (Å²) in [4.78, 5) is 0. The lowest BCUT2D eigenvalue weighted by Gasteiger charge is -2.39. The molecule has 1 aliphatic heterocycles. The normalized spacial score (nSPS) is 29.2. The van der Waals surface area contributed by atoms with Crippen LogP contribution in [0.2, 0.25) is 0 Å². The molecule has 0 saturated carbocycles. The average Bonchev–Trinajstić information content (AvgIpc) is 2.65. The van der Waals surface area contributed by atoms with Crippen LogP contribution in [0.1, 0.15) is 84.0 Å². The van der Waals surface area contributed by atoms with Gasteiger partial charge in [-0.3, -0.25) is 0 Å². The Morgan fingerprint density at radius 1 is 0.692 bits per heavy atom. The van der Waals surface area contributed by atoms with Crippen LogP contribution >= 0.6 is 0 Å². The number of unbranched alkanes of at least 4 members (excludes halogenated alkanes) is 11. The maximum absolute atomic E-state index is 9.87. The first-order valence-corrected chi connectivity index (χ1v) is 10.5. The fourth-order valence-electron chi connectivity index (χ4n) is 3.35. The van der Waals surface area contributed by atoms with Crippen molar-refractivity contribution in [2.45, 2.75) is 115 Å². The third kappa shape index (κ3) is 9.11. The van der Waals surface area contributed by atoms with Crippen LogP contribution in [0, 0.1) is 0 Å². The molecule has 0 aromatic carbocycles. The van der Waals surface area contributed by atoms with E-state index in [1.165, 1.54) is 64.2 Å². The Morgan fingerprint density at radius 3 is 1.69 bits per heavy atom. The molecule has 1 fully saturated rings. The number of ether oxygens (including phenoxy) is 2. The van der Waals surface area contributed by atoms with Crippen molar-refractivity contribution in [2.24, 2.45) is 0 Å². The minimum absolute atomic E-state index is 0.427. The summed E-state index contributed by atoms with van der Waals surface area (Å²) in [6.45, 7) is 2.25. The lowest BCUT2D eigenvalue weighted by Crippen LogP contribution is -2.59. The van der Waals surface area contributed by atoms with Gasteiger partial charge in [-0.05, 0) is 6.42 Å². The standard InChI is InChI=1S/C20H40O6/c1-2-3-4-5-6-7-8-9-10-11-12-13-14-25-20-19(24)18(23)17(22)16(15-21)26-20/h16-24H,2-15H2,1H3/t16-,17-,18+,19+,20?/m1/s1. The molecule has 0 spiro atoms. The van der Waals surface area contributed by atoms with E-state index in [0.717, 1.165) is 12.8 Å². The van der Waals surface area contributed by atoms with Crippen molar-refractivity contribution in [1.82, 2.24) is 0 Å². The van der Waals surface area contributed by atoms with Crippen LogP contribution in [0.3, 0.4) is 0 Å². The third-order valence-electron chi connectivity index (χ3n) is 5.13. The van der Waals surface area contributed by atoms with E-state index in [4.69, 9.17) is 14.6 Å². The molecule has 4 N–H and O–H groups in total. The van der Waals surface area contributed by atoms with Crippen molar-refractivity contribution in [2.75, 3.05) is 13.2 Å². The molecule has 1 aliphatic rings. The monoisotopic (exact) mass is 376 g/mol. The molecule has 1 unspecified atom stereocenters. The van der Waals surface area contributed by atoms with E-state index in [2.05, 4.69) is 6.92 Å². The predicted octanol–water partition coefficient (Wildman–Crippen LogP) is 2.50. The predicted molar refractivity (Wildman–Crippen MR) is 101 cm³/mol. The molecule has 1 saturated heterocycles. The van der Waals surface area contributed by atoms with Crippen LogP contribution in [-0.4, -0.2) is 64.3 Å². The molecule has 0 aromatic heterocycles. The molecule has 26 heavy (non-hydrogen) atoms. The second-order valence-corrected chi connectivity index (χ2v) is 7.46. The number of hydrogen-bond donors (Lipinski definition) is 4. The van der Waals surface area contributed by atoms with E-state index >= 15 is 0 Å². The van der Waals surface area contributed by atoms with Crippen molar-refractivity contribution in [3.05, 3.63) is 0 Å². The minimum Gasteiger partial charge on any atom is -0.394 e. The van der Waals surface area contributed by atoms with Crippen molar-refractivity contribution >= 4 is 0 Å². The van der Waals surface area contributed by atoms with Crippen LogP contribution < -0.4 is 0 Å². The largest absolute Gasteiger partial charge is 0.394 e. The number of aliphatic hydroxyl groups excluding tert-OH is 4. The first kappa shape index (κ1) is 23.8. The molecular weight excluding hydrogens is 336 g/mol. The Morgan fingerprint density at radius 2 is 1.19 bits per heavy atom. The second-order valence-electron chi connectivity index (χ2n) is 7.46. The van der Waals surface area contributed by atoms with Crippen molar-refractivity contribution in [1.29, 1.82) is 0 Å². The van der Waals surface area contributed by atoms with Crippen molar-refractivity contribution in [3.63, 3.8) is 0 Å². The summed E-state index contributed by atoms with van der Waals surface area (Å²) in [5.41, 5.74) is 0. The molecule has 1 heterocycles. The Bertz CT molecular complexity index is 325. The van der Waals surface area contributed by atoms with E-state index in [-0.39, 0.29) is 0 Å². The highest BCUT2D eigenvalue weighted by Gasteiger charge is 2.43. The smallest absolute Gasteiger partial charge is 0.186 e. The molecular formula is C20H40O6. The van der Waals surface area contributed by atoms with Gasteiger partial charge in [0.2, 0.25) is 0 Å². The van der Waals surface area contributed by atoms with Gasteiger partial charge < -0.3 is 29.9 Å². The van der Waals surface area contributed by atoms with E-state index in [9.17, 15) is 15.3 Å². The summed E-state index contributed by atoms with van der Waals surface area (Å²) in [7, 11) is 0. The van der Waals surface area contributed by atoms with Gasteiger partial charge in [0.25, 0.3) is 0 Å². The molecule has 0 bridgehead atoms. The first-order valence-electron chi connectivity index (χ1n) is 10.5. The minimum atomic E-state index is -1.37. The quantitative estimate of drug-likeness (QED) is 0.328. The second kappa shape index (κ2) is 14.8. The Balaban J connectivity index is 1.95. The summed E-state index contributed by atoms with van der Waals surface area (Å²) >= 11 is 0. The zero-order chi connectivity index (χ0) is 19.2. The van der Waals surface area contributed by atoms with Crippen molar-refractivity contribution in [3.8, 4) is 0 Å². The summed E-state index contributed by atoms with van der Waals surface area (Å²) in [5.74, 6) is 0. The lowest BCUT2D eigenvalue weighted by molar-refractivity contribution is -0.301. The van der Waals surface area contributed by atoms with E-state index in [1.54, 1.807) is 0 Å². The van der Waals surface area contributed by atoms with Crippen LogP contribution in [0.5, 0.6) is 0 Å². The zero-order valence-corrected chi connectivity index (χ0v) is 16.4. The van der Waals surface area contributed by atoms with Gasteiger partial charge in [-0.1, -0.05) is 77.6 Å². The maximum Gasteiger partial charge on any atom is 0.186 e. The average molecular weight is 377 g/mol.